The molecule has 2 aliphatic rings. The third-order valence-electron chi connectivity index (χ3n) is 11.0. The molecule has 0 saturated carbocycles. The zero-order valence-electron chi connectivity index (χ0n) is 28.3. The molecule has 8 aromatic carbocycles. The molecule has 1 aliphatic heterocycles. The Labute approximate surface area is 307 Å². The monoisotopic (exact) mass is 680 g/mol. The van der Waals surface area contributed by atoms with Crippen molar-refractivity contribution in [3.05, 3.63) is 216 Å². The maximum Gasteiger partial charge on any atom is 0.0755 e. The molecular formula is C49H32N2S. The number of benzene rings is 8. The van der Waals surface area contributed by atoms with Gasteiger partial charge in [0.05, 0.1) is 27.2 Å². The maximum absolute atomic E-state index is 2.49. The first-order valence-corrected chi connectivity index (χ1v) is 18.7. The minimum Gasteiger partial charge on any atom is -0.310 e. The molecule has 9 aromatic rings. The molecule has 1 unspecified atom stereocenters. The van der Waals surface area contributed by atoms with Gasteiger partial charge in [0.25, 0.3) is 0 Å². The van der Waals surface area contributed by atoms with Crippen LogP contribution >= 0.6 is 11.3 Å². The van der Waals surface area contributed by atoms with Gasteiger partial charge >= 0.3 is 0 Å². The minimum atomic E-state index is -0.521. The second-order valence-electron chi connectivity index (χ2n) is 13.7. The van der Waals surface area contributed by atoms with E-state index in [2.05, 4.69) is 204 Å². The van der Waals surface area contributed by atoms with E-state index < -0.39 is 5.41 Å². The van der Waals surface area contributed by atoms with E-state index in [0.717, 1.165) is 17.1 Å². The molecule has 0 radical (unpaired) electrons. The van der Waals surface area contributed by atoms with E-state index in [1.165, 1.54) is 70.6 Å². The van der Waals surface area contributed by atoms with Crippen molar-refractivity contribution in [2.45, 2.75) is 5.41 Å². The van der Waals surface area contributed by atoms with Gasteiger partial charge in [0.1, 0.15) is 0 Å². The quantitative estimate of drug-likeness (QED) is 0.179. The molecule has 0 bridgehead atoms. The van der Waals surface area contributed by atoms with Crippen molar-refractivity contribution in [1.29, 1.82) is 0 Å². The average Bonchev–Trinajstić information content (AvgIpc) is 3.75. The molecule has 11 rings (SSSR count). The van der Waals surface area contributed by atoms with Crippen LogP contribution in [0.5, 0.6) is 0 Å². The summed E-state index contributed by atoms with van der Waals surface area (Å²) in [5, 5.41) is 2.60. The van der Waals surface area contributed by atoms with Crippen molar-refractivity contribution >= 4 is 65.6 Å². The number of hydrogen-bond donors (Lipinski definition) is 0. The Balaban J connectivity index is 1.23. The highest BCUT2D eigenvalue weighted by Gasteiger charge is 2.52. The fourth-order valence-electron chi connectivity index (χ4n) is 9.00. The topological polar surface area (TPSA) is 6.48 Å². The van der Waals surface area contributed by atoms with Crippen LogP contribution in [0.4, 0.5) is 34.1 Å². The second kappa shape index (κ2) is 11.3. The van der Waals surface area contributed by atoms with Crippen molar-refractivity contribution in [3.63, 3.8) is 0 Å². The first-order chi connectivity index (χ1) is 25.8. The zero-order valence-corrected chi connectivity index (χ0v) is 29.1. The summed E-state index contributed by atoms with van der Waals surface area (Å²) in [6.07, 6.45) is 0. The Kier molecular flexibility index (Phi) is 6.37. The highest BCUT2D eigenvalue weighted by Crippen LogP contribution is 2.65. The Morgan fingerprint density at radius 3 is 1.98 bits per heavy atom. The van der Waals surface area contributed by atoms with Crippen molar-refractivity contribution in [2.24, 2.45) is 0 Å². The molecule has 0 spiro atoms. The van der Waals surface area contributed by atoms with E-state index in [0.29, 0.717) is 0 Å². The molecule has 3 heteroatoms. The average molecular weight is 681 g/mol. The summed E-state index contributed by atoms with van der Waals surface area (Å²) >= 11 is 1.88. The third kappa shape index (κ3) is 4.00. The summed E-state index contributed by atoms with van der Waals surface area (Å²) in [6.45, 7) is 0. The molecule has 2 heterocycles. The first-order valence-electron chi connectivity index (χ1n) is 17.9. The molecule has 1 atom stereocenters. The van der Waals surface area contributed by atoms with Crippen molar-refractivity contribution in [1.82, 2.24) is 0 Å². The fourth-order valence-corrected chi connectivity index (χ4v) is 10.2. The van der Waals surface area contributed by atoms with Gasteiger partial charge in [0.2, 0.25) is 0 Å². The van der Waals surface area contributed by atoms with Gasteiger partial charge in [-0.25, -0.2) is 0 Å². The second-order valence-corrected chi connectivity index (χ2v) is 14.7. The van der Waals surface area contributed by atoms with Crippen LogP contribution in [0.2, 0.25) is 0 Å². The van der Waals surface area contributed by atoms with Crippen LogP contribution < -0.4 is 9.80 Å². The lowest BCUT2D eigenvalue weighted by molar-refractivity contribution is 0.753. The number of thiophene rings is 1. The van der Waals surface area contributed by atoms with Crippen LogP contribution in [0, 0.1) is 0 Å². The SMILES string of the molecule is c1ccc(N2c3ccccc3C3(c4ccccc4)c4cc(N(c5ccccc5)c5cccc6c5sc5ccccc56)ccc4-c4cccc2c43)cc1. The molecule has 244 valence electrons. The molecule has 2 nitrogen and oxygen atoms in total. The van der Waals surface area contributed by atoms with E-state index in [1.807, 2.05) is 11.3 Å². The van der Waals surface area contributed by atoms with Gasteiger partial charge in [-0.3, -0.25) is 0 Å². The molecule has 1 aliphatic carbocycles. The highest BCUT2D eigenvalue weighted by molar-refractivity contribution is 7.26. The summed E-state index contributed by atoms with van der Waals surface area (Å²) in [6, 6.07) is 71.4. The summed E-state index contributed by atoms with van der Waals surface area (Å²) < 4.78 is 2.60. The lowest BCUT2D eigenvalue weighted by Crippen LogP contribution is -2.36. The van der Waals surface area contributed by atoms with Crippen molar-refractivity contribution in [3.8, 4) is 11.1 Å². The van der Waals surface area contributed by atoms with E-state index in [4.69, 9.17) is 0 Å². The highest BCUT2D eigenvalue weighted by atomic mass is 32.1. The smallest absolute Gasteiger partial charge is 0.0755 e. The van der Waals surface area contributed by atoms with Crippen LogP contribution in [0.1, 0.15) is 22.3 Å². The third-order valence-corrected chi connectivity index (χ3v) is 12.2. The van der Waals surface area contributed by atoms with Crippen LogP contribution in [0.3, 0.4) is 0 Å². The van der Waals surface area contributed by atoms with Crippen LogP contribution in [0.25, 0.3) is 31.3 Å². The Bertz CT molecular complexity index is 2810. The largest absolute Gasteiger partial charge is 0.310 e. The summed E-state index contributed by atoms with van der Waals surface area (Å²) in [7, 11) is 0. The van der Waals surface area contributed by atoms with Gasteiger partial charge in [0.15, 0.2) is 0 Å². The standard InChI is InChI=1S/C49H32N2S/c1-4-16-33(17-5-1)49-41-25-11-12-26-43(41)51(35-20-8-3-9-21-35)44-27-14-23-39(47(44)49)37-31-30-36(32-42(37)49)50(34-18-6-2-7-19-34)45-28-15-24-40-38-22-10-13-29-46(38)52-48(40)45/h1-32H. The molecule has 0 amide bonds. The molecule has 0 saturated heterocycles. The number of rotatable bonds is 5. The van der Waals surface area contributed by atoms with Gasteiger partial charge in [-0.15, -0.1) is 11.3 Å². The Hall–Kier alpha value is -6.42. The van der Waals surface area contributed by atoms with E-state index >= 15 is 0 Å². The van der Waals surface area contributed by atoms with Gasteiger partial charge in [-0.05, 0) is 88.5 Å². The Morgan fingerprint density at radius 1 is 0.462 bits per heavy atom. The minimum absolute atomic E-state index is 0.521. The van der Waals surface area contributed by atoms with Crippen LogP contribution in [0.15, 0.2) is 194 Å². The van der Waals surface area contributed by atoms with E-state index in [1.54, 1.807) is 0 Å². The van der Waals surface area contributed by atoms with Gasteiger partial charge in [-0.1, -0.05) is 133 Å². The van der Waals surface area contributed by atoms with Gasteiger partial charge < -0.3 is 9.80 Å². The van der Waals surface area contributed by atoms with Crippen LogP contribution in [-0.2, 0) is 5.41 Å². The summed E-state index contributed by atoms with van der Waals surface area (Å²) in [4.78, 5) is 4.92. The lowest BCUT2D eigenvalue weighted by atomic mass is 9.65. The number of para-hydroxylation sites is 3. The first kappa shape index (κ1) is 29.3. The van der Waals surface area contributed by atoms with E-state index in [9.17, 15) is 0 Å². The zero-order chi connectivity index (χ0) is 34.2. The number of nitrogens with zero attached hydrogens (tertiary/aromatic N) is 2. The summed E-state index contributed by atoms with van der Waals surface area (Å²) in [5.74, 6) is 0. The predicted molar refractivity (Wildman–Crippen MR) is 220 cm³/mol. The molecule has 1 aromatic heterocycles. The normalized spacial score (nSPS) is 15.3. The number of anilines is 6. The molecule has 0 N–H and O–H groups in total. The van der Waals surface area contributed by atoms with Crippen LogP contribution in [-0.4, -0.2) is 0 Å². The molecule has 0 fully saturated rings. The van der Waals surface area contributed by atoms with Crippen molar-refractivity contribution < 1.29 is 0 Å². The van der Waals surface area contributed by atoms with Crippen molar-refractivity contribution in [2.75, 3.05) is 9.80 Å². The predicted octanol–water partition coefficient (Wildman–Crippen LogP) is 13.7. The lowest BCUT2D eigenvalue weighted by Gasteiger charge is -2.44. The number of hydrogen-bond acceptors (Lipinski definition) is 3. The van der Waals surface area contributed by atoms with Gasteiger partial charge in [0, 0.05) is 38.1 Å². The Morgan fingerprint density at radius 2 is 1.13 bits per heavy atom. The number of fused-ring (bicyclic) bond motifs is 8. The fraction of sp³-hybridized carbons (Fsp3) is 0.0204. The van der Waals surface area contributed by atoms with Gasteiger partial charge in [-0.2, -0.15) is 0 Å². The molecular weight excluding hydrogens is 649 g/mol. The van der Waals surface area contributed by atoms with E-state index in [-0.39, 0.29) is 0 Å². The summed E-state index contributed by atoms with van der Waals surface area (Å²) in [5.41, 5.74) is 14.3. The molecule has 52 heavy (non-hydrogen) atoms. The maximum atomic E-state index is 2.49.